The van der Waals surface area contributed by atoms with Gasteiger partial charge in [0.15, 0.2) is 0 Å². The SMILES string of the molecule is CCC(C(=O)NC)N(Cc1ccc(Cl)cc1Cl)C(=O)CCSCc1ccccc1. The van der Waals surface area contributed by atoms with Crippen LogP contribution in [0, 0.1) is 0 Å². The number of carbonyl (C=O) groups is 2. The monoisotopic (exact) mass is 452 g/mol. The topological polar surface area (TPSA) is 49.4 Å². The van der Waals surface area contributed by atoms with Gasteiger partial charge in [-0.3, -0.25) is 9.59 Å². The number of likely N-dealkylation sites (N-methyl/N-ethyl adjacent to an activating group) is 1. The summed E-state index contributed by atoms with van der Waals surface area (Å²) >= 11 is 14.0. The quantitative estimate of drug-likeness (QED) is 0.505. The zero-order valence-electron chi connectivity index (χ0n) is 16.7. The van der Waals surface area contributed by atoms with Crippen molar-refractivity contribution in [1.82, 2.24) is 10.2 Å². The van der Waals surface area contributed by atoms with Crippen LogP contribution in [-0.2, 0) is 21.9 Å². The number of nitrogens with one attached hydrogen (secondary N) is 1. The van der Waals surface area contributed by atoms with E-state index in [-0.39, 0.29) is 18.4 Å². The van der Waals surface area contributed by atoms with Crippen molar-refractivity contribution in [2.45, 2.75) is 38.1 Å². The van der Waals surface area contributed by atoms with Crippen LogP contribution in [0.1, 0.15) is 30.9 Å². The fraction of sp³-hybridized carbons (Fsp3) is 0.364. The molecule has 0 bridgehead atoms. The summed E-state index contributed by atoms with van der Waals surface area (Å²) in [6.45, 7) is 2.16. The van der Waals surface area contributed by atoms with E-state index >= 15 is 0 Å². The smallest absolute Gasteiger partial charge is 0.242 e. The van der Waals surface area contributed by atoms with Crippen LogP contribution in [0.4, 0.5) is 0 Å². The van der Waals surface area contributed by atoms with Crippen LogP contribution in [0.3, 0.4) is 0 Å². The largest absolute Gasteiger partial charge is 0.357 e. The van der Waals surface area contributed by atoms with E-state index < -0.39 is 6.04 Å². The lowest BCUT2D eigenvalue weighted by Gasteiger charge is -2.30. The second-order valence-electron chi connectivity index (χ2n) is 6.58. The Bertz CT molecular complexity index is 818. The van der Waals surface area contributed by atoms with Crippen molar-refractivity contribution in [1.29, 1.82) is 0 Å². The molecule has 7 heteroatoms. The van der Waals surface area contributed by atoms with Crippen LogP contribution >= 0.6 is 35.0 Å². The zero-order valence-corrected chi connectivity index (χ0v) is 19.0. The maximum Gasteiger partial charge on any atom is 0.242 e. The molecule has 2 amide bonds. The average Bonchev–Trinajstić information content (AvgIpc) is 2.72. The molecule has 0 heterocycles. The first-order chi connectivity index (χ1) is 14.0. The summed E-state index contributed by atoms with van der Waals surface area (Å²) < 4.78 is 0. The van der Waals surface area contributed by atoms with Gasteiger partial charge < -0.3 is 10.2 Å². The van der Waals surface area contributed by atoms with E-state index in [1.54, 1.807) is 41.9 Å². The minimum Gasteiger partial charge on any atom is -0.357 e. The van der Waals surface area contributed by atoms with E-state index in [9.17, 15) is 9.59 Å². The number of nitrogens with zero attached hydrogens (tertiary/aromatic N) is 1. The molecule has 2 aromatic carbocycles. The molecule has 0 radical (unpaired) electrons. The van der Waals surface area contributed by atoms with Gasteiger partial charge >= 0.3 is 0 Å². The van der Waals surface area contributed by atoms with E-state index in [1.807, 2.05) is 25.1 Å². The number of rotatable bonds is 10. The molecule has 156 valence electrons. The van der Waals surface area contributed by atoms with Crippen LogP contribution in [-0.4, -0.2) is 35.6 Å². The van der Waals surface area contributed by atoms with E-state index in [4.69, 9.17) is 23.2 Å². The summed E-state index contributed by atoms with van der Waals surface area (Å²) in [6.07, 6.45) is 0.879. The predicted octanol–water partition coefficient (Wildman–Crippen LogP) is 5.17. The van der Waals surface area contributed by atoms with E-state index in [1.165, 1.54) is 5.56 Å². The van der Waals surface area contributed by atoms with Crippen molar-refractivity contribution in [3.05, 3.63) is 69.7 Å². The summed E-state index contributed by atoms with van der Waals surface area (Å²) in [5.41, 5.74) is 2.00. The summed E-state index contributed by atoms with van der Waals surface area (Å²) in [5, 5.41) is 3.68. The Labute approximate surface area is 187 Å². The number of carbonyl (C=O) groups excluding carboxylic acids is 2. The molecule has 0 aromatic heterocycles. The van der Waals surface area contributed by atoms with Gasteiger partial charge in [-0.2, -0.15) is 11.8 Å². The van der Waals surface area contributed by atoms with Crippen LogP contribution < -0.4 is 5.32 Å². The number of hydrogen-bond acceptors (Lipinski definition) is 3. The first-order valence-electron chi connectivity index (χ1n) is 9.53. The molecule has 0 aliphatic carbocycles. The second kappa shape index (κ2) is 12.1. The van der Waals surface area contributed by atoms with Gasteiger partial charge in [0.05, 0.1) is 0 Å². The highest BCUT2D eigenvalue weighted by atomic mass is 35.5. The Morgan fingerprint density at radius 3 is 2.48 bits per heavy atom. The first-order valence-corrected chi connectivity index (χ1v) is 11.4. The molecule has 1 unspecified atom stereocenters. The average molecular weight is 453 g/mol. The minimum atomic E-state index is -0.543. The van der Waals surface area contributed by atoms with Gasteiger partial charge in [0.1, 0.15) is 6.04 Å². The highest BCUT2D eigenvalue weighted by molar-refractivity contribution is 7.98. The third kappa shape index (κ3) is 7.25. The van der Waals surface area contributed by atoms with Crippen LogP contribution in [0.15, 0.2) is 48.5 Å². The van der Waals surface area contributed by atoms with E-state index in [2.05, 4.69) is 17.4 Å². The van der Waals surface area contributed by atoms with E-state index in [0.717, 1.165) is 11.3 Å². The lowest BCUT2D eigenvalue weighted by Crippen LogP contribution is -2.48. The molecule has 0 aliphatic heterocycles. The Morgan fingerprint density at radius 1 is 1.14 bits per heavy atom. The standard InChI is InChI=1S/C22H26Cl2N2O2S/c1-3-20(22(28)25-2)26(14-17-9-10-18(23)13-19(17)24)21(27)11-12-29-15-16-7-5-4-6-8-16/h4-10,13,20H,3,11-12,14-15H2,1-2H3,(H,25,28). The highest BCUT2D eigenvalue weighted by Gasteiger charge is 2.28. The molecule has 0 saturated carbocycles. The molecule has 0 spiro atoms. The van der Waals surface area contributed by atoms with Crippen molar-refractivity contribution in [2.24, 2.45) is 0 Å². The molecule has 1 atom stereocenters. The normalized spacial score (nSPS) is 11.7. The number of hydrogen-bond donors (Lipinski definition) is 1. The fourth-order valence-corrected chi connectivity index (χ4v) is 4.35. The number of thioether (sulfide) groups is 1. The summed E-state index contributed by atoms with van der Waals surface area (Å²) in [6, 6.07) is 14.8. The predicted molar refractivity (Wildman–Crippen MR) is 122 cm³/mol. The van der Waals surface area contributed by atoms with Crippen LogP contribution in [0.2, 0.25) is 10.0 Å². The van der Waals surface area contributed by atoms with Crippen molar-refractivity contribution in [2.75, 3.05) is 12.8 Å². The van der Waals surface area contributed by atoms with Gasteiger partial charge in [-0.1, -0.05) is 66.5 Å². The molecule has 29 heavy (non-hydrogen) atoms. The molecule has 0 aliphatic rings. The molecular weight excluding hydrogens is 427 g/mol. The number of halogens is 2. The number of amides is 2. The van der Waals surface area contributed by atoms with Crippen molar-refractivity contribution < 1.29 is 9.59 Å². The van der Waals surface area contributed by atoms with Gasteiger partial charge in [-0.05, 0) is 29.7 Å². The summed E-state index contributed by atoms with van der Waals surface area (Å²) in [5.74, 6) is 1.29. The third-order valence-corrected chi connectivity index (χ3v) is 6.18. The van der Waals surface area contributed by atoms with Crippen molar-refractivity contribution >= 4 is 46.8 Å². The minimum absolute atomic E-state index is 0.0629. The maximum absolute atomic E-state index is 13.0. The Balaban J connectivity index is 2.06. The molecule has 1 N–H and O–H groups in total. The second-order valence-corrected chi connectivity index (χ2v) is 8.53. The molecule has 2 rings (SSSR count). The zero-order chi connectivity index (χ0) is 21.2. The Morgan fingerprint density at radius 2 is 1.86 bits per heavy atom. The van der Waals surface area contributed by atoms with Crippen LogP contribution in [0.5, 0.6) is 0 Å². The lowest BCUT2D eigenvalue weighted by atomic mass is 10.1. The fourth-order valence-electron chi connectivity index (χ4n) is 2.99. The first kappa shape index (κ1) is 23.6. The molecule has 0 saturated heterocycles. The molecule has 2 aromatic rings. The van der Waals surface area contributed by atoms with Crippen LogP contribution in [0.25, 0.3) is 0 Å². The summed E-state index contributed by atoms with van der Waals surface area (Å²) in [7, 11) is 1.58. The van der Waals surface area contributed by atoms with Gasteiger partial charge in [0.25, 0.3) is 0 Å². The molecule has 0 fully saturated rings. The number of benzene rings is 2. The van der Waals surface area contributed by atoms with Crippen molar-refractivity contribution in [3.63, 3.8) is 0 Å². The highest BCUT2D eigenvalue weighted by Crippen LogP contribution is 2.24. The Hall–Kier alpha value is -1.69. The molecule has 4 nitrogen and oxygen atoms in total. The maximum atomic E-state index is 13.0. The van der Waals surface area contributed by atoms with Crippen molar-refractivity contribution in [3.8, 4) is 0 Å². The van der Waals surface area contributed by atoms with Gasteiger partial charge in [0, 0.05) is 41.6 Å². The lowest BCUT2D eigenvalue weighted by molar-refractivity contribution is -0.140. The van der Waals surface area contributed by atoms with Gasteiger partial charge in [-0.25, -0.2) is 0 Å². The Kier molecular flexibility index (Phi) is 9.85. The van der Waals surface area contributed by atoms with Gasteiger partial charge in [-0.15, -0.1) is 0 Å². The van der Waals surface area contributed by atoms with E-state index in [0.29, 0.717) is 28.6 Å². The van der Waals surface area contributed by atoms with Gasteiger partial charge in [0.2, 0.25) is 11.8 Å². The third-order valence-electron chi connectivity index (χ3n) is 4.56. The summed E-state index contributed by atoms with van der Waals surface area (Å²) in [4.78, 5) is 27.0. The molecular formula is C22H26Cl2N2O2S.